The summed E-state index contributed by atoms with van der Waals surface area (Å²) in [7, 11) is 0. The number of para-hydroxylation sites is 1. The quantitative estimate of drug-likeness (QED) is 0.392. The summed E-state index contributed by atoms with van der Waals surface area (Å²) in [6, 6.07) is 15.5. The Bertz CT molecular complexity index is 1270. The summed E-state index contributed by atoms with van der Waals surface area (Å²) in [5.74, 6) is -0.302. The van der Waals surface area contributed by atoms with Gasteiger partial charge in [0.1, 0.15) is 0 Å². The fourth-order valence-electron chi connectivity index (χ4n) is 7.47. The SMILES string of the molecule is CCN1CCCCC1CCN1CCn2c(c(C3CCCCC3)c3ccc(C(=O)O)cc32)-c2ccccc21. The van der Waals surface area contributed by atoms with Crippen LogP contribution < -0.4 is 4.90 Å². The molecule has 37 heavy (non-hydrogen) atoms. The first-order valence-corrected chi connectivity index (χ1v) is 14.6. The number of carboxylic acids is 1. The van der Waals surface area contributed by atoms with E-state index in [0.29, 0.717) is 17.5 Å². The topological polar surface area (TPSA) is 48.7 Å². The number of fused-ring (bicyclic) bond motifs is 5. The molecular formula is C32H41N3O2. The van der Waals surface area contributed by atoms with Crippen LogP contribution in [0.3, 0.4) is 0 Å². The maximum absolute atomic E-state index is 11.9. The second kappa shape index (κ2) is 10.5. The molecule has 6 rings (SSSR count). The molecule has 0 amide bonds. The minimum atomic E-state index is -0.847. The Morgan fingerprint density at radius 3 is 2.57 bits per heavy atom. The van der Waals surface area contributed by atoms with Crippen LogP contribution in [0, 0.1) is 0 Å². The molecule has 0 spiro atoms. The lowest BCUT2D eigenvalue weighted by atomic mass is 9.81. The molecule has 1 aromatic heterocycles. The van der Waals surface area contributed by atoms with Crippen molar-refractivity contribution in [3.05, 3.63) is 53.6 Å². The lowest BCUT2D eigenvalue weighted by Crippen LogP contribution is -2.41. The normalized spacial score (nSPS) is 21.0. The Morgan fingerprint density at radius 2 is 1.76 bits per heavy atom. The van der Waals surface area contributed by atoms with Crippen LogP contribution in [0.15, 0.2) is 42.5 Å². The second-order valence-corrected chi connectivity index (χ2v) is 11.4. The molecule has 1 unspecified atom stereocenters. The van der Waals surface area contributed by atoms with Gasteiger partial charge >= 0.3 is 5.97 Å². The van der Waals surface area contributed by atoms with Crippen LogP contribution in [0.25, 0.3) is 22.2 Å². The van der Waals surface area contributed by atoms with Gasteiger partial charge in [0.25, 0.3) is 0 Å². The highest BCUT2D eigenvalue weighted by atomic mass is 16.4. The van der Waals surface area contributed by atoms with Crippen molar-refractivity contribution in [2.45, 2.75) is 83.2 Å². The number of likely N-dealkylation sites (tertiary alicyclic amines) is 1. The number of benzene rings is 2. The third-order valence-corrected chi connectivity index (χ3v) is 9.34. The van der Waals surface area contributed by atoms with E-state index in [-0.39, 0.29) is 0 Å². The molecule has 1 N–H and O–H groups in total. The number of hydrogen-bond donors (Lipinski definition) is 1. The molecule has 0 bridgehead atoms. The van der Waals surface area contributed by atoms with E-state index in [4.69, 9.17) is 0 Å². The number of nitrogens with zero attached hydrogens (tertiary/aromatic N) is 3. The Kier molecular flexibility index (Phi) is 6.98. The Morgan fingerprint density at radius 1 is 0.946 bits per heavy atom. The van der Waals surface area contributed by atoms with Crippen molar-refractivity contribution in [1.82, 2.24) is 9.47 Å². The molecule has 1 saturated carbocycles. The standard InChI is InChI=1S/C32H41N3O2/c1-2-33-18-9-8-12-25(33)17-19-34-20-21-35-29-22-24(32(36)37)15-16-26(29)30(23-10-4-3-5-11-23)31(35)27-13-6-7-14-28(27)34/h6-7,13-16,22-23,25H,2-5,8-12,17-21H2,1H3,(H,36,37). The molecule has 0 radical (unpaired) electrons. The van der Waals surface area contributed by atoms with E-state index < -0.39 is 5.97 Å². The average molecular weight is 500 g/mol. The van der Waals surface area contributed by atoms with Gasteiger partial charge in [-0.15, -0.1) is 0 Å². The molecule has 1 atom stereocenters. The zero-order valence-corrected chi connectivity index (χ0v) is 22.3. The third kappa shape index (κ3) is 4.56. The highest BCUT2D eigenvalue weighted by Crippen LogP contribution is 2.47. The fourth-order valence-corrected chi connectivity index (χ4v) is 7.47. The number of anilines is 1. The molecule has 5 heteroatoms. The number of carbonyl (C=O) groups is 1. The van der Waals surface area contributed by atoms with Crippen molar-refractivity contribution < 1.29 is 9.90 Å². The minimum Gasteiger partial charge on any atom is -0.478 e. The summed E-state index contributed by atoms with van der Waals surface area (Å²) < 4.78 is 2.46. The van der Waals surface area contributed by atoms with Crippen molar-refractivity contribution in [3.8, 4) is 11.3 Å². The molecule has 2 fully saturated rings. The first-order chi connectivity index (χ1) is 18.2. The predicted molar refractivity (Wildman–Crippen MR) is 152 cm³/mol. The minimum absolute atomic E-state index is 0.384. The van der Waals surface area contributed by atoms with Crippen LogP contribution in [-0.4, -0.2) is 52.8 Å². The van der Waals surface area contributed by atoms with Gasteiger partial charge in [-0.3, -0.25) is 0 Å². The number of hydrogen-bond acceptors (Lipinski definition) is 3. The molecule has 2 aromatic carbocycles. The molecule has 3 heterocycles. The van der Waals surface area contributed by atoms with Crippen LogP contribution in [0.5, 0.6) is 0 Å². The van der Waals surface area contributed by atoms with E-state index in [2.05, 4.69) is 51.6 Å². The second-order valence-electron chi connectivity index (χ2n) is 11.4. The van der Waals surface area contributed by atoms with E-state index in [9.17, 15) is 9.90 Å². The van der Waals surface area contributed by atoms with Crippen molar-refractivity contribution in [2.75, 3.05) is 31.1 Å². The van der Waals surface area contributed by atoms with E-state index in [1.165, 1.54) is 92.2 Å². The molecular weight excluding hydrogens is 458 g/mol. The van der Waals surface area contributed by atoms with Gasteiger partial charge in [0, 0.05) is 47.8 Å². The van der Waals surface area contributed by atoms with Crippen LogP contribution in [0.1, 0.15) is 86.6 Å². The first-order valence-electron chi connectivity index (χ1n) is 14.6. The van der Waals surface area contributed by atoms with Crippen LogP contribution >= 0.6 is 0 Å². The van der Waals surface area contributed by atoms with E-state index >= 15 is 0 Å². The van der Waals surface area contributed by atoms with Gasteiger partial charge in [-0.05, 0) is 74.9 Å². The van der Waals surface area contributed by atoms with Gasteiger partial charge in [0.15, 0.2) is 0 Å². The van der Waals surface area contributed by atoms with Crippen molar-refractivity contribution >= 4 is 22.6 Å². The predicted octanol–water partition coefficient (Wildman–Crippen LogP) is 7.14. The molecule has 3 aliphatic rings. The van der Waals surface area contributed by atoms with Crippen LogP contribution in [0.4, 0.5) is 5.69 Å². The van der Waals surface area contributed by atoms with Gasteiger partial charge in [-0.25, -0.2) is 4.79 Å². The lowest BCUT2D eigenvalue weighted by molar-refractivity contribution is 0.0697. The van der Waals surface area contributed by atoms with Crippen LogP contribution in [0.2, 0.25) is 0 Å². The average Bonchev–Trinajstić information content (AvgIpc) is 3.17. The number of carboxylic acid groups (broad SMARTS) is 1. The highest BCUT2D eigenvalue weighted by Gasteiger charge is 2.31. The molecule has 1 aliphatic carbocycles. The molecule has 5 nitrogen and oxygen atoms in total. The Balaban J connectivity index is 1.43. The van der Waals surface area contributed by atoms with Gasteiger partial charge in [0.2, 0.25) is 0 Å². The molecule has 196 valence electrons. The van der Waals surface area contributed by atoms with E-state index in [0.717, 1.165) is 31.7 Å². The van der Waals surface area contributed by atoms with Gasteiger partial charge in [-0.2, -0.15) is 0 Å². The first kappa shape index (κ1) is 24.5. The number of aromatic carboxylic acids is 1. The third-order valence-electron chi connectivity index (χ3n) is 9.34. The molecule has 2 aliphatic heterocycles. The number of rotatable bonds is 6. The Labute approximate surface area is 221 Å². The molecule has 1 saturated heterocycles. The summed E-state index contributed by atoms with van der Waals surface area (Å²) in [5, 5.41) is 11.0. The van der Waals surface area contributed by atoms with E-state index in [1.54, 1.807) is 6.07 Å². The van der Waals surface area contributed by atoms with Crippen molar-refractivity contribution in [1.29, 1.82) is 0 Å². The van der Waals surface area contributed by atoms with Gasteiger partial charge in [-0.1, -0.05) is 56.9 Å². The fraction of sp³-hybridized carbons (Fsp3) is 0.531. The summed E-state index contributed by atoms with van der Waals surface area (Å²) in [6.45, 7) is 7.60. The number of aromatic nitrogens is 1. The maximum Gasteiger partial charge on any atom is 0.335 e. The van der Waals surface area contributed by atoms with Gasteiger partial charge in [0.05, 0.1) is 11.3 Å². The Hall–Kier alpha value is -2.79. The van der Waals surface area contributed by atoms with Gasteiger partial charge < -0.3 is 19.5 Å². The zero-order valence-electron chi connectivity index (χ0n) is 22.3. The van der Waals surface area contributed by atoms with Crippen molar-refractivity contribution in [2.24, 2.45) is 0 Å². The molecule has 3 aromatic rings. The summed E-state index contributed by atoms with van der Waals surface area (Å²) in [5.41, 5.74) is 6.95. The smallest absolute Gasteiger partial charge is 0.335 e. The summed E-state index contributed by atoms with van der Waals surface area (Å²) in [6.07, 6.45) is 11.6. The van der Waals surface area contributed by atoms with Crippen molar-refractivity contribution in [3.63, 3.8) is 0 Å². The largest absolute Gasteiger partial charge is 0.478 e. The lowest BCUT2D eigenvalue weighted by Gasteiger charge is -2.36. The number of piperidine rings is 1. The van der Waals surface area contributed by atoms with E-state index in [1.807, 2.05) is 6.07 Å². The zero-order chi connectivity index (χ0) is 25.4. The highest BCUT2D eigenvalue weighted by molar-refractivity contribution is 5.99. The van der Waals surface area contributed by atoms with Crippen LogP contribution in [-0.2, 0) is 6.54 Å². The maximum atomic E-state index is 11.9. The summed E-state index contributed by atoms with van der Waals surface area (Å²) in [4.78, 5) is 17.2. The summed E-state index contributed by atoms with van der Waals surface area (Å²) >= 11 is 0. The monoisotopic (exact) mass is 499 g/mol.